The molecule has 3 aromatic rings. The molecule has 0 aliphatic carbocycles. The predicted molar refractivity (Wildman–Crippen MR) is 93.7 cm³/mol. The third kappa shape index (κ3) is 3.58. The second-order valence-corrected chi connectivity index (χ2v) is 5.75. The molecule has 0 bridgehead atoms. The van der Waals surface area contributed by atoms with E-state index >= 15 is 0 Å². The monoisotopic (exact) mass is 341 g/mol. The van der Waals surface area contributed by atoms with Crippen molar-refractivity contribution in [3.63, 3.8) is 0 Å². The summed E-state index contributed by atoms with van der Waals surface area (Å²) in [7, 11) is 0. The van der Waals surface area contributed by atoms with E-state index in [4.69, 9.17) is 11.6 Å². The van der Waals surface area contributed by atoms with Crippen LogP contribution < -0.4 is 10.9 Å². The molecule has 0 spiro atoms. The van der Waals surface area contributed by atoms with Gasteiger partial charge in [0.25, 0.3) is 5.91 Å². The van der Waals surface area contributed by atoms with Crippen LogP contribution in [0.3, 0.4) is 0 Å². The van der Waals surface area contributed by atoms with E-state index < -0.39 is 0 Å². The second kappa shape index (κ2) is 7.19. The Morgan fingerprint density at radius 3 is 2.58 bits per heavy atom. The van der Waals surface area contributed by atoms with Crippen molar-refractivity contribution >= 4 is 34.3 Å². The first-order valence-electron chi connectivity index (χ1n) is 7.54. The van der Waals surface area contributed by atoms with Crippen molar-refractivity contribution in [3.05, 3.63) is 70.9 Å². The molecule has 0 aliphatic rings. The number of aromatic amines is 1. The average Bonchev–Trinajstić information content (AvgIpc) is 3.03. The van der Waals surface area contributed by atoms with Crippen LogP contribution in [0.5, 0.6) is 0 Å². The number of hydrazine groups is 1. The largest absolute Gasteiger partial charge is 0.360 e. The molecule has 0 fully saturated rings. The number of amides is 2. The minimum atomic E-state index is -0.362. The van der Waals surface area contributed by atoms with Gasteiger partial charge in [0.15, 0.2) is 0 Å². The molecular formula is C18H16ClN3O2. The first kappa shape index (κ1) is 16.1. The molecule has 24 heavy (non-hydrogen) atoms. The maximum absolute atomic E-state index is 12.2. The molecule has 0 unspecified atom stereocenters. The predicted octanol–water partition coefficient (Wildman–Crippen LogP) is 3.22. The summed E-state index contributed by atoms with van der Waals surface area (Å²) >= 11 is 6.05. The molecule has 2 aromatic carbocycles. The van der Waals surface area contributed by atoms with Crippen molar-refractivity contribution in [1.82, 2.24) is 15.8 Å². The zero-order chi connectivity index (χ0) is 16.9. The van der Waals surface area contributed by atoms with Crippen molar-refractivity contribution in [2.24, 2.45) is 0 Å². The topological polar surface area (TPSA) is 74.0 Å². The number of hydrogen-bond donors (Lipinski definition) is 3. The second-order valence-electron chi connectivity index (χ2n) is 5.34. The average molecular weight is 342 g/mol. The van der Waals surface area contributed by atoms with E-state index in [2.05, 4.69) is 15.8 Å². The molecule has 6 heteroatoms. The number of halogens is 1. The molecule has 122 valence electrons. The van der Waals surface area contributed by atoms with Gasteiger partial charge in [-0.15, -0.1) is 0 Å². The summed E-state index contributed by atoms with van der Waals surface area (Å²) in [4.78, 5) is 27.1. The fraction of sp³-hybridized carbons (Fsp3) is 0.111. The van der Waals surface area contributed by atoms with Crippen LogP contribution in [0.25, 0.3) is 10.9 Å². The molecule has 1 aromatic heterocycles. The summed E-state index contributed by atoms with van der Waals surface area (Å²) in [5, 5.41) is 1.44. The lowest BCUT2D eigenvalue weighted by Crippen LogP contribution is -2.41. The quantitative estimate of drug-likeness (QED) is 0.637. The zero-order valence-corrected chi connectivity index (χ0v) is 13.6. The highest BCUT2D eigenvalue weighted by atomic mass is 35.5. The maximum atomic E-state index is 12.2. The number of benzene rings is 2. The van der Waals surface area contributed by atoms with Gasteiger partial charge in [0.2, 0.25) is 5.91 Å². The van der Waals surface area contributed by atoms with E-state index in [0.717, 1.165) is 16.5 Å². The lowest BCUT2D eigenvalue weighted by Gasteiger charge is -2.07. The van der Waals surface area contributed by atoms with Gasteiger partial charge in [-0.05, 0) is 24.1 Å². The molecular weight excluding hydrogens is 326 g/mol. The van der Waals surface area contributed by atoms with Gasteiger partial charge < -0.3 is 4.98 Å². The van der Waals surface area contributed by atoms with Gasteiger partial charge in [-0.3, -0.25) is 20.4 Å². The summed E-state index contributed by atoms with van der Waals surface area (Å²) < 4.78 is 0. The van der Waals surface area contributed by atoms with Crippen LogP contribution in [-0.4, -0.2) is 16.8 Å². The fourth-order valence-corrected chi connectivity index (χ4v) is 2.70. The van der Waals surface area contributed by atoms with E-state index in [1.54, 1.807) is 12.3 Å². The zero-order valence-electron chi connectivity index (χ0n) is 12.8. The van der Waals surface area contributed by atoms with Crippen LogP contribution in [0.15, 0.2) is 54.7 Å². The number of carbonyl (C=O) groups is 2. The third-order valence-corrected chi connectivity index (χ3v) is 4.10. The highest BCUT2D eigenvalue weighted by Gasteiger charge is 2.12. The summed E-state index contributed by atoms with van der Waals surface area (Å²) in [6, 6.07) is 14.8. The molecule has 0 atom stereocenters. The Labute approximate surface area is 144 Å². The van der Waals surface area contributed by atoms with Gasteiger partial charge in [-0.25, -0.2) is 0 Å². The Morgan fingerprint density at radius 2 is 1.75 bits per heavy atom. The summed E-state index contributed by atoms with van der Waals surface area (Å²) in [5.74, 6) is -0.637. The van der Waals surface area contributed by atoms with Crippen molar-refractivity contribution in [3.8, 4) is 0 Å². The molecule has 0 saturated carbocycles. The first-order valence-corrected chi connectivity index (χ1v) is 7.91. The highest BCUT2D eigenvalue weighted by Crippen LogP contribution is 2.17. The van der Waals surface area contributed by atoms with Crippen molar-refractivity contribution in [1.29, 1.82) is 0 Å². The Morgan fingerprint density at radius 1 is 1.00 bits per heavy atom. The van der Waals surface area contributed by atoms with Gasteiger partial charge in [0.1, 0.15) is 0 Å². The third-order valence-electron chi connectivity index (χ3n) is 3.73. The molecule has 5 nitrogen and oxygen atoms in total. The standard InChI is InChI=1S/C18H16ClN3O2/c19-15-7-3-1-5-12(15)9-10-17(23)21-22-18(24)14-11-20-16-8-4-2-6-13(14)16/h1-8,11,20H,9-10H2,(H,21,23)(H,22,24). The lowest BCUT2D eigenvalue weighted by molar-refractivity contribution is -0.121. The van der Waals surface area contributed by atoms with Gasteiger partial charge in [-0.1, -0.05) is 48.0 Å². The smallest absolute Gasteiger partial charge is 0.271 e. The Bertz CT molecular complexity index is 889. The summed E-state index contributed by atoms with van der Waals surface area (Å²) in [6.45, 7) is 0. The van der Waals surface area contributed by atoms with Crippen LogP contribution >= 0.6 is 11.6 Å². The van der Waals surface area contributed by atoms with Gasteiger partial charge in [-0.2, -0.15) is 0 Å². The SMILES string of the molecule is O=C(CCc1ccccc1Cl)NNC(=O)c1c[nH]c2ccccc12. The fourth-order valence-electron chi connectivity index (χ4n) is 2.47. The van der Waals surface area contributed by atoms with Gasteiger partial charge in [0, 0.05) is 28.5 Å². The molecule has 2 amide bonds. The molecule has 0 aliphatic heterocycles. The summed E-state index contributed by atoms with van der Waals surface area (Å²) in [6.07, 6.45) is 2.36. The number of H-pyrrole nitrogens is 1. The number of rotatable bonds is 4. The highest BCUT2D eigenvalue weighted by molar-refractivity contribution is 6.31. The number of fused-ring (bicyclic) bond motifs is 1. The lowest BCUT2D eigenvalue weighted by atomic mass is 10.1. The minimum absolute atomic E-state index is 0.234. The Hall–Kier alpha value is -2.79. The molecule has 3 rings (SSSR count). The number of para-hydroxylation sites is 1. The Balaban J connectivity index is 1.54. The number of aryl methyl sites for hydroxylation is 1. The van der Waals surface area contributed by atoms with Gasteiger partial charge >= 0.3 is 0 Å². The normalized spacial score (nSPS) is 10.5. The van der Waals surface area contributed by atoms with Crippen LogP contribution in [0, 0.1) is 0 Å². The van der Waals surface area contributed by atoms with E-state index in [0.29, 0.717) is 17.0 Å². The number of aromatic nitrogens is 1. The van der Waals surface area contributed by atoms with E-state index in [9.17, 15) is 9.59 Å². The number of hydrogen-bond acceptors (Lipinski definition) is 2. The van der Waals surface area contributed by atoms with Crippen molar-refractivity contribution < 1.29 is 9.59 Å². The van der Waals surface area contributed by atoms with Gasteiger partial charge in [0.05, 0.1) is 5.56 Å². The number of carbonyl (C=O) groups excluding carboxylic acids is 2. The van der Waals surface area contributed by atoms with Crippen LogP contribution in [0.4, 0.5) is 0 Å². The molecule has 3 N–H and O–H groups in total. The van der Waals surface area contributed by atoms with E-state index in [-0.39, 0.29) is 18.2 Å². The van der Waals surface area contributed by atoms with Crippen LogP contribution in [-0.2, 0) is 11.2 Å². The molecule has 1 heterocycles. The summed E-state index contributed by atoms with van der Waals surface area (Å²) in [5.41, 5.74) is 7.12. The van der Waals surface area contributed by atoms with E-state index in [1.807, 2.05) is 42.5 Å². The van der Waals surface area contributed by atoms with E-state index in [1.165, 1.54) is 0 Å². The van der Waals surface area contributed by atoms with Crippen LogP contribution in [0.1, 0.15) is 22.3 Å². The first-order chi connectivity index (χ1) is 11.6. The Kier molecular flexibility index (Phi) is 4.82. The minimum Gasteiger partial charge on any atom is -0.360 e. The molecule has 0 saturated heterocycles. The van der Waals surface area contributed by atoms with Crippen molar-refractivity contribution in [2.45, 2.75) is 12.8 Å². The van der Waals surface area contributed by atoms with Crippen molar-refractivity contribution in [2.75, 3.05) is 0 Å². The van der Waals surface area contributed by atoms with Crippen LogP contribution in [0.2, 0.25) is 5.02 Å². The molecule has 0 radical (unpaired) electrons. The maximum Gasteiger partial charge on any atom is 0.271 e. The number of nitrogens with one attached hydrogen (secondary N) is 3.